The molecule has 2 aromatic carbocycles. The highest BCUT2D eigenvalue weighted by Crippen LogP contribution is 2.31. The van der Waals surface area contributed by atoms with Gasteiger partial charge in [-0.25, -0.2) is 0 Å². The number of ether oxygens (including phenoxy) is 2. The highest BCUT2D eigenvalue weighted by Gasteiger charge is 2.31. The van der Waals surface area contributed by atoms with Crippen molar-refractivity contribution in [2.45, 2.75) is 57.8 Å². The quantitative estimate of drug-likeness (QED) is 0.700. The summed E-state index contributed by atoms with van der Waals surface area (Å²) >= 11 is 0. The second kappa shape index (κ2) is 9.44. The van der Waals surface area contributed by atoms with E-state index in [2.05, 4.69) is 34.5 Å². The van der Waals surface area contributed by atoms with Gasteiger partial charge in [0.2, 0.25) is 0 Å². The summed E-state index contributed by atoms with van der Waals surface area (Å²) in [5, 5.41) is 3.74. The minimum atomic E-state index is 0.554. The van der Waals surface area contributed by atoms with E-state index in [1.807, 2.05) is 31.2 Å². The molecule has 0 aromatic heterocycles. The van der Waals surface area contributed by atoms with Gasteiger partial charge < -0.3 is 19.7 Å². The van der Waals surface area contributed by atoms with E-state index in [0.29, 0.717) is 19.3 Å². The molecule has 0 unspecified atom stereocenters. The smallest absolute Gasteiger partial charge is 0.161 e. The van der Waals surface area contributed by atoms with Crippen LogP contribution in [0, 0.1) is 0 Å². The molecule has 0 amide bonds. The maximum absolute atomic E-state index is 6.01. The van der Waals surface area contributed by atoms with Gasteiger partial charge in [-0.3, -0.25) is 0 Å². The van der Waals surface area contributed by atoms with Crippen LogP contribution in [0.3, 0.4) is 0 Å². The summed E-state index contributed by atoms with van der Waals surface area (Å²) in [5.41, 5.74) is 2.41. The Hall–Kier alpha value is -2.04. The average Bonchev–Trinajstić information content (AvgIpc) is 3.58. The van der Waals surface area contributed by atoms with Gasteiger partial charge >= 0.3 is 0 Å². The van der Waals surface area contributed by atoms with E-state index in [1.165, 1.54) is 44.3 Å². The van der Waals surface area contributed by atoms with Gasteiger partial charge in [0.15, 0.2) is 11.5 Å². The molecule has 1 heterocycles. The number of piperidine rings is 1. The van der Waals surface area contributed by atoms with Gasteiger partial charge in [0, 0.05) is 18.6 Å². The average molecular weight is 381 g/mol. The lowest BCUT2D eigenvalue weighted by Crippen LogP contribution is -2.43. The zero-order valence-corrected chi connectivity index (χ0v) is 16.9. The van der Waals surface area contributed by atoms with Crippen molar-refractivity contribution >= 4 is 0 Å². The fourth-order valence-corrected chi connectivity index (χ4v) is 3.96. The lowest BCUT2D eigenvalue weighted by Gasteiger charge is -2.32. The maximum Gasteiger partial charge on any atom is 0.161 e. The highest BCUT2D eigenvalue weighted by atomic mass is 16.5. The van der Waals surface area contributed by atoms with Crippen LogP contribution in [0.2, 0.25) is 0 Å². The third-order valence-corrected chi connectivity index (χ3v) is 5.73. The molecule has 4 heteroatoms. The fourth-order valence-electron chi connectivity index (χ4n) is 3.96. The summed E-state index contributed by atoms with van der Waals surface area (Å²) in [7, 11) is 0. The predicted octanol–water partition coefficient (Wildman–Crippen LogP) is 4.38. The van der Waals surface area contributed by atoms with Crippen molar-refractivity contribution in [2.75, 3.05) is 19.7 Å². The Bertz CT molecular complexity index is 738. The van der Waals surface area contributed by atoms with E-state index in [9.17, 15) is 0 Å². The molecular weight excluding hydrogens is 348 g/mol. The van der Waals surface area contributed by atoms with E-state index < -0.39 is 0 Å². The lowest BCUT2D eigenvalue weighted by molar-refractivity contribution is 0.189. The van der Waals surface area contributed by atoms with Crippen molar-refractivity contribution in [3.8, 4) is 11.5 Å². The van der Waals surface area contributed by atoms with E-state index >= 15 is 0 Å². The molecule has 1 saturated heterocycles. The minimum Gasteiger partial charge on any atom is -0.490 e. The molecule has 1 aliphatic carbocycles. The molecule has 0 radical (unpaired) electrons. The van der Waals surface area contributed by atoms with Crippen molar-refractivity contribution in [2.24, 2.45) is 0 Å². The van der Waals surface area contributed by atoms with Crippen LogP contribution >= 0.6 is 0 Å². The number of nitrogens with zero attached hydrogens (tertiary/aromatic N) is 1. The second-order valence-corrected chi connectivity index (χ2v) is 7.91. The highest BCUT2D eigenvalue weighted by molar-refractivity contribution is 5.43. The molecule has 0 atom stereocenters. The van der Waals surface area contributed by atoms with Gasteiger partial charge in [-0.15, -0.1) is 0 Å². The van der Waals surface area contributed by atoms with Crippen LogP contribution in [0.4, 0.5) is 0 Å². The van der Waals surface area contributed by atoms with Gasteiger partial charge in [-0.1, -0.05) is 36.4 Å². The largest absolute Gasteiger partial charge is 0.490 e. The topological polar surface area (TPSA) is 33.7 Å². The third-order valence-electron chi connectivity index (χ3n) is 5.73. The zero-order chi connectivity index (χ0) is 19.2. The lowest BCUT2D eigenvalue weighted by atomic mass is 10.0. The zero-order valence-electron chi connectivity index (χ0n) is 16.9. The first-order valence-corrected chi connectivity index (χ1v) is 10.7. The number of likely N-dealkylation sites (tertiary alicyclic amines) is 1. The number of benzene rings is 2. The van der Waals surface area contributed by atoms with Crippen molar-refractivity contribution in [1.82, 2.24) is 10.2 Å². The Morgan fingerprint density at radius 2 is 1.68 bits per heavy atom. The molecule has 1 saturated carbocycles. The summed E-state index contributed by atoms with van der Waals surface area (Å²) in [5.74, 6) is 1.65. The number of nitrogens with one attached hydrogen (secondary N) is 1. The van der Waals surface area contributed by atoms with E-state index in [0.717, 1.165) is 29.6 Å². The summed E-state index contributed by atoms with van der Waals surface area (Å²) in [6.45, 7) is 6.58. The number of hydrogen-bond acceptors (Lipinski definition) is 4. The monoisotopic (exact) mass is 380 g/mol. The van der Waals surface area contributed by atoms with Crippen LogP contribution in [0.1, 0.15) is 43.7 Å². The van der Waals surface area contributed by atoms with Gasteiger partial charge in [0.05, 0.1) is 6.61 Å². The Kier molecular flexibility index (Phi) is 6.50. The van der Waals surface area contributed by atoms with Crippen molar-refractivity contribution in [1.29, 1.82) is 0 Å². The first kappa shape index (κ1) is 19.3. The van der Waals surface area contributed by atoms with Gasteiger partial charge in [-0.2, -0.15) is 0 Å². The normalized spacial score (nSPS) is 18.2. The number of hydrogen-bond donors (Lipinski definition) is 1. The van der Waals surface area contributed by atoms with E-state index in [4.69, 9.17) is 9.47 Å². The Morgan fingerprint density at radius 1 is 0.893 bits per heavy atom. The van der Waals surface area contributed by atoms with Crippen LogP contribution in [0.15, 0.2) is 48.5 Å². The molecule has 2 fully saturated rings. The molecule has 2 aromatic rings. The summed E-state index contributed by atoms with van der Waals surface area (Å²) in [6, 6.07) is 18.1. The molecule has 4 rings (SSSR count). The molecule has 1 N–H and O–H groups in total. The summed E-state index contributed by atoms with van der Waals surface area (Å²) in [4.78, 5) is 2.67. The first-order valence-electron chi connectivity index (χ1n) is 10.7. The minimum absolute atomic E-state index is 0.554. The van der Waals surface area contributed by atoms with Crippen molar-refractivity contribution < 1.29 is 9.47 Å². The first-order chi connectivity index (χ1) is 13.8. The molecule has 1 aliphatic heterocycles. The van der Waals surface area contributed by atoms with Crippen molar-refractivity contribution in [3.63, 3.8) is 0 Å². The summed E-state index contributed by atoms with van der Waals surface area (Å²) in [6.07, 6.45) is 5.34. The standard InChI is InChI=1S/C24H32N2O2/c1-2-27-24-16-20(8-11-23(24)28-18-19-6-4-3-5-7-19)17-25-21-12-14-26(15-13-21)22-9-10-22/h3-8,11,16,21-22,25H,2,9-10,12-15,17-18H2,1H3. The van der Waals surface area contributed by atoms with E-state index in [-0.39, 0.29) is 0 Å². The van der Waals surface area contributed by atoms with E-state index in [1.54, 1.807) is 0 Å². The van der Waals surface area contributed by atoms with Crippen LogP contribution < -0.4 is 14.8 Å². The molecular formula is C24H32N2O2. The maximum atomic E-state index is 6.01. The molecule has 0 bridgehead atoms. The molecule has 150 valence electrons. The van der Waals surface area contributed by atoms with Crippen molar-refractivity contribution in [3.05, 3.63) is 59.7 Å². The summed E-state index contributed by atoms with van der Waals surface area (Å²) < 4.78 is 11.9. The Balaban J connectivity index is 1.30. The number of rotatable bonds is 9. The fraction of sp³-hybridized carbons (Fsp3) is 0.500. The molecule has 4 nitrogen and oxygen atoms in total. The van der Waals surface area contributed by atoms with Gasteiger partial charge in [0.1, 0.15) is 6.61 Å². The van der Waals surface area contributed by atoms with Gasteiger partial charge in [-0.05, 0) is 69.0 Å². The second-order valence-electron chi connectivity index (χ2n) is 7.91. The molecule has 28 heavy (non-hydrogen) atoms. The van der Waals surface area contributed by atoms with Crippen LogP contribution in [-0.4, -0.2) is 36.7 Å². The molecule has 0 spiro atoms. The van der Waals surface area contributed by atoms with Gasteiger partial charge in [0.25, 0.3) is 0 Å². The third kappa shape index (κ3) is 5.27. The molecule has 2 aliphatic rings. The predicted molar refractivity (Wildman–Crippen MR) is 113 cm³/mol. The van der Waals surface area contributed by atoms with Crippen LogP contribution in [0.25, 0.3) is 0 Å². The van der Waals surface area contributed by atoms with Crippen LogP contribution in [0.5, 0.6) is 11.5 Å². The Labute approximate surface area is 168 Å². The SMILES string of the molecule is CCOc1cc(CNC2CCN(C3CC3)CC2)ccc1OCc1ccccc1. The Morgan fingerprint density at radius 3 is 2.39 bits per heavy atom. The van der Waals surface area contributed by atoms with Crippen LogP contribution in [-0.2, 0) is 13.2 Å².